The van der Waals surface area contributed by atoms with Crippen molar-refractivity contribution in [2.24, 2.45) is 5.73 Å². The smallest absolute Gasteiger partial charge is 0.319 e. The first-order chi connectivity index (χ1) is 8.11. The lowest BCUT2D eigenvalue weighted by Gasteiger charge is -2.10. The maximum Gasteiger partial charge on any atom is 0.319 e. The Labute approximate surface area is 101 Å². The lowest BCUT2D eigenvalue weighted by Crippen LogP contribution is -2.32. The van der Waals surface area contributed by atoms with Crippen LogP contribution in [0.5, 0.6) is 5.75 Å². The molecule has 1 aromatic rings. The van der Waals surface area contributed by atoms with Gasteiger partial charge in [0.05, 0.1) is 6.10 Å². The highest BCUT2D eigenvalue weighted by Crippen LogP contribution is 2.16. The van der Waals surface area contributed by atoms with Crippen LogP contribution < -0.4 is 21.1 Å². The number of carbonyl (C=O) groups is 1. The summed E-state index contributed by atoms with van der Waals surface area (Å²) in [4.78, 5) is 11.3. The van der Waals surface area contributed by atoms with Crippen molar-refractivity contribution in [3.05, 3.63) is 24.3 Å². The van der Waals surface area contributed by atoms with Crippen molar-refractivity contribution in [1.82, 2.24) is 5.32 Å². The Morgan fingerprint density at radius 2 is 2.00 bits per heavy atom. The number of rotatable bonds is 5. The summed E-state index contributed by atoms with van der Waals surface area (Å²) in [6.07, 6.45) is 0.140. The second kappa shape index (κ2) is 6.75. The van der Waals surface area contributed by atoms with Crippen LogP contribution >= 0.6 is 0 Å². The number of benzene rings is 1. The molecule has 1 rings (SSSR count). The van der Waals surface area contributed by atoms with E-state index in [2.05, 4.69) is 10.6 Å². The second-order valence-electron chi connectivity index (χ2n) is 3.86. The maximum absolute atomic E-state index is 11.3. The minimum absolute atomic E-state index is 0.140. The molecule has 17 heavy (non-hydrogen) atoms. The Kier molecular flexibility index (Phi) is 5.29. The van der Waals surface area contributed by atoms with E-state index >= 15 is 0 Å². The number of nitrogens with two attached hydrogens (primary N) is 1. The predicted molar refractivity (Wildman–Crippen MR) is 68.3 cm³/mol. The molecule has 0 radical (unpaired) electrons. The third-order valence-corrected chi connectivity index (χ3v) is 1.91. The predicted octanol–water partition coefficient (Wildman–Crippen LogP) is 1.55. The minimum Gasteiger partial charge on any atom is -0.491 e. The summed E-state index contributed by atoms with van der Waals surface area (Å²) in [5.74, 6) is 0.785. The second-order valence-corrected chi connectivity index (χ2v) is 3.86. The highest BCUT2D eigenvalue weighted by atomic mass is 16.5. The number of nitrogens with one attached hydrogen (secondary N) is 2. The van der Waals surface area contributed by atoms with Crippen LogP contribution in [0.3, 0.4) is 0 Å². The van der Waals surface area contributed by atoms with E-state index in [4.69, 9.17) is 10.5 Å². The molecule has 0 heterocycles. The normalized spacial score (nSPS) is 10.1. The van der Waals surface area contributed by atoms with Gasteiger partial charge in [-0.2, -0.15) is 0 Å². The number of ether oxygens (including phenoxy) is 1. The molecule has 0 saturated carbocycles. The third-order valence-electron chi connectivity index (χ3n) is 1.91. The molecule has 0 aliphatic carbocycles. The monoisotopic (exact) mass is 237 g/mol. The third kappa shape index (κ3) is 5.21. The van der Waals surface area contributed by atoms with Crippen molar-refractivity contribution in [3.63, 3.8) is 0 Å². The standard InChI is InChI=1S/C12H19N3O2/c1-9(2)17-11-5-3-10(4-6-11)15-12(16)14-8-7-13/h3-6,9H,7-8,13H2,1-2H3,(H2,14,15,16). The van der Waals surface area contributed by atoms with Crippen LogP contribution in [0.4, 0.5) is 10.5 Å². The molecule has 0 bridgehead atoms. The topological polar surface area (TPSA) is 76.4 Å². The summed E-state index contributed by atoms with van der Waals surface area (Å²) >= 11 is 0. The minimum atomic E-state index is -0.257. The van der Waals surface area contributed by atoms with E-state index in [-0.39, 0.29) is 12.1 Å². The van der Waals surface area contributed by atoms with Crippen molar-refractivity contribution >= 4 is 11.7 Å². The van der Waals surface area contributed by atoms with Gasteiger partial charge in [0.15, 0.2) is 0 Å². The average molecular weight is 237 g/mol. The molecule has 0 unspecified atom stereocenters. The van der Waals surface area contributed by atoms with Crippen molar-refractivity contribution in [2.75, 3.05) is 18.4 Å². The number of hydrogen-bond donors (Lipinski definition) is 3. The molecule has 94 valence electrons. The van der Waals surface area contributed by atoms with Crippen LogP contribution in [0, 0.1) is 0 Å². The van der Waals surface area contributed by atoms with Gasteiger partial charge in [-0.1, -0.05) is 0 Å². The molecule has 0 spiro atoms. The van der Waals surface area contributed by atoms with Gasteiger partial charge < -0.3 is 21.1 Å². The molecule has 4 N–H and O–H groups in total. The Bertz CT molecular complexity index is 349. The van der Waals surface area contributed by atoms with Crippen LogP contribution in [0.15, 0.2) is 24.3 Å². The largest absolute Gasteiger partial charge is 0.491 e. The van der Waals surface area contributed by atoms with Gasteiger partial charge in [0, 0.05) is 18.8 Å². The Morgan fingerprint density at radius 1 is 1.35 bits per heavy atom. The van der Waals surface area contributed by atoms with Gasteiger partial charge in [0.1, 0.15) is 5.75 Å². The van der Waals surface area contributed by atoms with Gasteiger partial charge in [-0.05, 0) is 38.1 Å². The Morgan fingerprint density at radius 3 is 2.53 bits per heavy atom. The van der Waals surface area contributed by atoms with Crippen molar-refractivity contribution in [3.8, 4) is 5.75 Å². The molecular weight excluding hydrogens is 218 g/mol. The number of hydrogen-bond acceptors (Lipinski definition) is 3. The fraction of sp³-hybridized carbons (Fsp3) is 0.417. The van der Waals surface area contributed by atoms with E-state index < -0.39 is 0 Å². The van der Waals surface area contributed by atoms with E-state index in [0.29, 0.717) is 13.1 Å². The molecule has 0 aromatic heterocycles. The average Bonchev–Trinajstić information content (AvgIpc) is 2.28. The van der Waals surface area contributed by atoms with Crippen LogP contribution in [0.2, 0.25) is 0 Å². The van der Waals surface area contributed by atoms with E-state index in [1.165, 1.54) is 0 Å². The molecule has 0 fully saturated rings. The molecule has 0 aliphatic heterocycles. The quantitative estimate of drug-likeness (QED) is 0.727. The van der Waals surface area contributed by atoms with E-state index in [1.54, 1.807) is 12.1 Å². The van der Waals surface area contributed by atoms with Crippen molar-refractivity contribution in [1.29, 1.82) is 0 Å². The first-order valence-corrected chi connectivity index (χ1v) is 5.63. The van der Waals surface area contributed by atoms with Crippen LogP contribution in [0.1, 0.15) is 13.8 Å². The summed E-state index contributed by atoms with van der Waals surface area (Å²) in [5, 5.41) is 5.32. The molecule has 0 aliphatic rings. The molecule has 5 heteroatoms. The molecule has 0 saturated heterocycles. The van der Waals surface area contributed by atoms with E-state index in [9.17, 15) is 4.79 Å². The zero-order valence-corrected chi connectivity index (χ0v) is 10.2. The van der Waals surface area contributed by atoms with Crippen LogP contribution in [0.25, 0.3) is 0 Å². The van der Waals surface area contributed by atoms with Crippen LogP contribution in [-0.4, -0.2) is 25.2 Å². The van der Waals surface area contributed by atoms with Gasteiger partial charge in [-0.3, -0.25) is 0 Å². The number of urea groups is 1. The highest BCUT2D eigenvalue weighted by Gasteiger charge is 2.01. The molecular formula is C12H19N3O2. The molecule has 1 aromatic carbocycles. The van der Waals surface area contributed by atoms with E-state index in [0.717, 1.165) is 11.4 Å². The van der Waals surface area contributed by atoms with Gasteiger partial charge in [-0.25, -0.2) is 4.79 Å². The maximum atomic E-state index is 11.3. The van der Waals surface area contributed by atoms with Crippen LogP contribution in [-0.2, 0) is 0 Å². The Balaban J connectivity index is 2.47. The Hall–Kier alpha value is -1.75. The fourth-order valence-corrected chi connectivity index (χ4v) is 1.25. The van der Waals surface area contributed by atoms with Gasteiger partial charge in [-0.15, -0.1) is 0 Å². The summed E-state index contributed by atoms with van der Waals surface area (Å²) in [6.45, 7) is 4.81. The lowest BCUT2D eigenvalue weighted by molar-refractivity contribution is 0.242. The van der Waals surface area contributed by atoms with Gasteiger partial charge in [0.25, 0.3) is 0 Å². The number of amides is 2. The van der Waals surface area contributed by atoms with Crippen molar-refractivity contribution < 1.29 is 9.53 Å². The lowest BCUT2D eigenvalue weighted by atomic mass is 10.3. The highest BCUT2D eigenvalue weighted by molar-refractivity contribution is 5.89. The SMILES string of the molecule is CC(C)Oc1ccc(NC(=O)NCCN)cc1. The zero-order chi connectivity index (χ0) is 12.7. The first kappa shape index (κ1) is 13.3. The van der Waals surface area contributed by atoms with Gasteiger partial charge >= 0.3 is 6.03 Å². The van der Waals surface area contributed by atoms with E-state index in [1.807, 2.05) is 26.0 Å². The summed E-state index contributed by atoms with van der Waals surface area (Å²) in [7, 11) is 0. The molecule has 0 atom stereocenters. The fourth-order valence-electron chi connectivity index (χ4n) is 1.25. The van der Waals surface area contributed by atoms with Crippen molar-refractivity contribution in [2.45, 2.75) is 20.0 Å². The summed E-state index contributed by atoms with van der Waals surface area (Å²) in [5.41, 5.74) is 6.00. The summed E-state index contributed by atoms with van der Waals surface area (Å²) in [6, 6.07) is 6.96. The van der Waals surface area contributed by atoms with Gasteiger partial charge in [0.2, 0.25) is 0 Å². The first-order valence-electron chi connectivity index (χ1n) is 5.63. The number of carbonyl (C=O) groups excluding carboxylic acids is 1. The molecule has 5 nitrogen and oxygen atoms in total. The summed E-state index contributed by atoms with van der Waals surface area (Å²) < 4.78 is 5.49. The number of anilines is 1. The molecule has 2 amide bonds. The zero-order valence-electron chi connectivity index (χ0n) is 10.2.